The van der Waals surface area contributed by atoms with Crippen LogP contribution in [0.2, 0.25) is 0 Å². The summed E-state index contributed by atoms with van der Waals surface area (Å²) in [5, 5.41) is 0.731. The SMILES string of the molecule is Fc1ccc(COc2cccc(CBr)c2)c(F)c1. The molecule has 2 rings (SSSR count). The van der Waals surface area contributed by atoms with E-state index in [1.807, 2.05) is 18.2 Å². The Morgan fingerprint density at radius 3 is 2.61 bits per heavy atom. The second-order valence-electron chi connectivity index (χ2n) is 3.81. The Morgan fingerprint density at radius 1 is 1.06 bits per heavy atom. The van der Waals surface area contributed by atoms with E-state index in [2.05, 4.69) is 15.9 Å². The van der Waals surface area contributed by atoms with Crippen molar-refractivity contribution in [3.63, 3.8) is 0 Å². The first-order valence-electron chi connectivity index (χ1n) is 5.40. The smallest absolute Gasteiger partial charge is 0.132 e. The molecule has 0 aromatic heterocycles. The van der Waals surface area contributed by atoms with E-state index in [1.165, 1.54) is 12.1 Å². The molecule has 0 aliphatic heterocycles. The summed E-state index contributed by atoms with van der Waals surface area (Å²) in [6, 6.07) is 11.0. The molecule has 18 heavy (non-hydrogen) atoms. The fourth-order valence-electron chi connectivity index (χ4n) is 1.52. The summed E-state index contributed by atoms with van der Waals surface area (Å²) in [6.45, 7) is 0.0812. The molecule has 0 saturated carbocycles. The van der Waals surface area contributed by atoms with Gasteiger partial charge in [-0.15, -0.1) is 0 Å². The van der Waals surface area contributed by atoms with E-state index in [1.54, 1.807) is 6.07 Å². The van der Waals surface area contributed by atoms with Crippen molar-refractivity contribution >= 4 is 15.9 Å². The normalized spacial score (nSPS) is 10.4. The van der Waals surface area contributed by atoms with Crippen molar-refractivity contribution in [1.82, 2.24) is 0 Å². The number of ether oxygens (including phenoxy) is 1. The second kappa shape index (κ2) is 5.96. The summed E-state index contributed by atoms with van der Waals surface area (Å²) in [5.41, 5.74) is 1.41. The van der Waals surface area contributed by atoms with Gasteiger partial charge >= 0.3 is 0 Å². The zero-order valence-corrected chi connectivity index (χ0v) is 11.1. The molecular formula is C14H11BrF2O. The number of rotatable bonds is 4. The lowest BCUT2D eigenvalue weighted by Crippen LogP contribution is -1.99. The van der Waals surface area contributed by atoms with Gasteiger partial charge in [0.1, 0.15) is 24.0 Å². The van der Waals surface area contributed by atoms with Gasteiger partial charge in [-0.2, -0.15) is 0 Å². The molecule has 0 aliphatic carbocycles. The lowest BCUT2D eigenvalue weighted by molar-refractivity contribution is 0.299. The first-order chi connectivity index (χ1) is 8.69. The van der Waals surface area contributed by atoms with Crippen LogP contribution in [0.15, 0.2) is 42.5 Å². The lowest BCUT2D eigenvalue weighted by Gasteiger charge is -2.08. The van der Waals surface area contributed by atoms with E-state index < -0.39 is 11.6 Å². The second-order valence-corrected chi connectivity index (χ2v) is 4.37. The average molecular weight is 313 g/mol. The third kappa shape index (κ3) is 3.29. The van der Waals surface area contributed by atoms with Gasteiger partial charge in [-0.1, -0.05) is 28.1 Å². The van der Waals surface area contributed by atoms with E-state index in [4.69, 9.17) is 4.74 Å². The molecule has 0 aliphatic rings. The fraction of sp³-hybridized carbons (Fsp3) is 0.143. The predicted octanol–water partition coefficient (Wildman–Crippen LogP) is 4.44. The van der Waals surface area contributed by atoms with Crippen LogP contribution in [0.1, 0.15) is 11.1 Å². The van der Waals surface area contributed by atoms with E-state index in [9.17, 15) is 8.78 Å². The average Bonchev–Trinajstić information content (AvgIpc) is 2.38. The molecule has 0 radical (unpaired) electrons. The van der Waals surface area contributed by atoms with Gasteiger partial charge in [0.2, 0.25) is 0 Å². The molecule has 1 nitrogen and oxygen atoms in total. The highest BCUT2D eigenvalue weighted by atomic mass is 79.9. The lowest BCUT2D eigenvalue weighted by atomic mass is 10.2. The number of benzene rings is 2. The molecule has 0 fully saturated rings. The Hall–Kier alpha value is -1.42. The zero-order valence-electron chi connectivity index (χ0n) is 9.50. The number of hydrogen-bond acceptors (Lipinski definition) is 1. The van der Waals surface area contributed by atoms with Crippen LogP contribution in [-0.2, 0) is 11.9 Å². The minimum atomic E-state index is -0.591. The molecule has 0 saturated heterocycles. The van der Waals surface area contributed by atoms with E-state index in [-0.39, 0.29) is 6.61 Å². The number of halogens is 3. The third-order valence-corrected chi connectivity index (χ3v) is 3.11. The molecule has 0 unspecified atom stereocenters. The first-order valence-corrected chi connectivity index (χ1v) is 6.53. The summed E-state index contributed by atoms with van der Waals surface area (Å²) in [5.74, 6) is -0.514. The van der Waals surface area contributed by atoms with E-state index in [0.29, 0.717) is 11.3 Å². The molecule has 0 N–H and O–H groups in total. The molecule has 0 amide bonds. The Kier molecular flexibility index (Phi) is 4.31. The molecule has 2 aromatic rings. The monoisotopic (exact) mass is 312 g/mol. The highest BCUT2D eigenvalue weighted by Crippen LogP contribution is 2.18. The largest absolute Gasteiger partial charge is 0.489 e. The molecular weight excluding hydrogens is 302 g/mol. The van der Waals surface area contributed by atoms with E-state index >= 15 is 0 Å². The van der Waals surface area contributed by atoms with Crippen molar-refractivity contribution in [3.8, 4) is 5.75 Å². The Balaban J connectivity index is 2.06. The molecule has 0 atom stereocenters. The summed E-state index contributed by atoms with van der Waals surface area (Å²) in [4.78, 5) is 0. The molecule has 0 spiro atoms. The minimum Gasteiger partial charge on any atom is -0.489 e. The maximum atomic E-state index is 13.4. The van der Waals surface area contributed by atoms with Crippen molar-refractivity contribution < 1.29 is 13.5 Å². The van der Waals surface area contributed by atoms with Gasteiger partial charge in [0.25, 0.3) is 0 Å². The molecule has 2 aromatic carbocycles. The molecule has 0 bridgehead atoms. The summed E-state index contributed by atoms with van der Waals surface area (Å²) >= 11 is 3.35. The van der Waals surface area contributed by atoms with Gasteiger partial charge in [0.15, 0.2) is 0 Å². The van der Waals surface area contributed by atoms with Gasteiger partial charge < -0.3 is 4.74 Å². The quantitative estimate of drug-likeness (QED) is 0.758. The van der Waals surface area contributed by atoms with Crippen molar-refractivity contribution in [3.05, 3.63) is 65.2 Å². The maximum Gasteiger partial charge on any atom is 0.132 e. The van der Waals surface area contributed by atoms with Crippen LogP contribution in [0.25, 0.3) is 0 Å². The topological polar surface area (TPSA) is 9.23 Å². The standard InChI is InChI=1S/C14H11BrF2O/c15-8-10-2-1-3-13(6-10)18-9-11-4-5-12(16)7-14(11)17/h1-7H,8-9H2. The number of alkyl halides is 1. The Morgan fingerprint density at radius 2 is 1.89 bits per heavy atom. The summed E-state index contributed by atoms with van der Waals surface area (Å²) < 4.78 is 31.6. The van der Waals surface area contributed by atoms with Gasteiger partial charge in [0, 0.05) is 17.0 Å². The highest BCUT2D eigenvalue weighted by molar-refractivity contribution is 9.08. The first kappa shape index (κ1) is 13.0. The molecule has 94 valence electrons. The van der Waals surface area contributed by atoms with Gasteiger partial charge in [0.05, 0.1) is 0 Å². The van der Waals surface area contributed by atoms with Crippen molar-refractivity contribution in [1.29, 1.82) is 0 Å². The van der Waals surface area contributed by atoms with Gasteiger partial charge in [-0.25, -0.2) is 8.78 Å². The molecule has 4 heteroatoms. The summed E-state index contributed by atoms with van der Waals surface area (Å²) in [6.07, 6.45) is 0. The van der Waals surface area contributed by atoms with Crippen LogP contribution < -0.4 is 4.74 Å². The predicted molar refractivity (Wildman–Crippen MR) is 69.8 cm³/mol. The third-order valence-electron chi connectivity index (χ3n) is 2.46. The molecule has 0 heterocycles. The van der Waals surface area contributed by atoms with Crippen LogP contribution in [-0.4, -0.2) is 0 Å². The van der Waals surface area contributed by atoms with Gasteiger partial charge in [-0.3, -0.25) is 0 Å². The van der Waals surface area contributed by atoms with Crippen molar-refractivity contribution in [2.24, 2.45) is 0 Å². The Bertz CT molecular complexity index is 543. The van der Waals surface area contributed by atoms with E-state index in [0.717, 1.165) is 17.0 Å². The van der Waals surface area contributed by atoms with Crippen LogP contribution in [0.3, 0.4) is 0 Å². The highest BCUT2D eigenvalue weighted by Gasteiger charge is 2.04. The van der Waals surface area contributed by atoms with Crippen molar-refractivity contribution in [2.75, 3.05) is 0 Å². The summed E-state index contributed by atoms with van der Waals surface area (Å²) in [7, 11) is 0. The van der Waals surface area contributed by atoms with Crippen LogP contribution in [0, 0.1) is 11.6 Å². The fourth-order valence-corrected chi connectivity index (χ4v) is 1.87. The number of hydrogen-bond donors (Lipinski definition) is 0. The zero-order chi connectivity index (χ0) is 13.0. The van der Waals surface area contributed by atoms with Gasteiger partial charge in [-0.05, 0) is 29.8 Å². The Labute approximate surface area is 113 Å². The minimum absolute atomic E-state index is 0.0812. The van der Waals surface area contributed by atoms with Crippen LogP contribution >= 0.6 is 15.9 Å². The van der Waals surface area contributed by atoms with Crippen LogP contribution in [0.4, 0.5) is 8.78 Å². The van der Waals surface area contributed by atoms with Crippen molar-refractivity contribution in [2.45, 2.75) is 11.9 Å². The maximum absolute atomic E-state index is 13.4. The van der Waals surface area contributed by atoms with Crippen LogP contribution in [0.5, 0.6) is 5.75 Å².